The Hall–Kier alpha value is -0.920. The van der Waals surface area contributed by atoms with E-state index in [-0.39, 0.29) is 17.4 Å². The summed E-state index contributed by atoms with van der Waals surface area (Å²) in [5.41, 5.74) is 0. The van der Waals surface area contributed by atoms with Gasteiger partial charge in [0.25, 0.3) is 0 Å². The second kappa shape index (κ2) is 7.02. The van der Waals surface area contributed by atoms with Crippen LogP contribution < -0.4 is 4.72 Å². The van der Waals surface area contributed by atoms with E-state index in [0.29, 0.717) is 12.8 Å². The van der Waals surface area contributed by atoms with Gasteiger partial charge in [0.15, 0.2) is 0 Å². The highest BCUT2D eigenvalue weighted by Gasteiger charge is 2.17. The largest absolute Gasteiger partial charge is 0.481 e. The lowest BCUT2D eigenvalue weighted by Crippen LogP contribution is -2.32. The molecule has 0 saturated heterocycles. The Balaban J connectivity index is 2.59. The number of hydrogen-bond acceptors (Lipinski definition) is 3. The van der Waals surface area contributed by atoms with Gasteiger partial charge in [-0.25, -0.2) is 13.1 Å². The minimum absolute atomic E-state index is 0.0460. The minimum Gasteiger partial charge on any atom is -0.481 e. The smallest absolute Gasteiger partial charge is 0.303 e. The van der Waals surface area contributed by atoms with Gasteiger partial charge in [-0.15, -0.1) is 0 Å². The first-order chi connectivity index (χ1) is 8.81. The van der Waals surface area contributed by atoms with Gasteiger partial charge >= 0.3 is 5.97 Å². The van der Waals surface area contributed by atoms with E-state index in [4.69, 9.17) is 5.11 Å². The summed E-state index contributed by atoms with van der Waals surface area (Å²) < 4.78 is 27.4. The van der Waals surface area contributed by atoms with Crippen molar-refractivity contribution >= 4 is 31.9 Å². The van der Waals surface area contributed by atoms with Crippen LogP contribution in [0.25, 0.3) is 0 Å². The number of rotatable bonds is 7. The Morgan fingerprint density at radius 1 is 1.37 bits per heavy atom. The van der Waals surface area contributed by atoms with Crippen molar-refractivity contribution in [3.63, 3.8) is 0 Å². The van der Waals surface area contributed by atoms with E-state index < -0.39 is 16.0 Å². The number of halogens is 1. The molecule has 7 heteroatoms. The average Bonchev–Trinajstić information content (AvgIpc) is 2.28. The molecule has 0 radical (unpaired) electrons. The SMILES string of the molecule is CC(CCCC(=O)O)NS(=O)(=O)c1ccc(Br)cc1. The molecular formula is C12H16BrNO4S. The lowest BCUT2D eigenvalue weighted by atomic mass is 10.1. The molecule has 1 atom stereocenters. The summed E-state index contributed by atoms with van der Waals surface area (Å²) in [5.74, 6) is -0.872. The standard InChI is InChI=1S/C12H16BrNO4S/c1-9(3-2-4-12(15)16)14-19(17,18)11-7-5-10(13)6-8-11/h5-9,14H,2-4H2,1H3,(H,15,16). The zero-order chi connectivity index (χ0) is 14.5. The Bertz CT molecular complexity index is 527. The monoisotopic (exact) mass is 349 g/mol. The molecule has 0 aromatic heterocycles. The fourth-order valence-corrected chi connectivity index (χ4v) is 3.11. The molecule has 0 saturated carbocycles. The summed E-state index contributed by atoms with van der Waals surface area (Å²) in [4.78, 5) is 10.6. The quantitative estimate of drug-likeness (QED) is 0.791. The van der Waals surface area contributed by atoms with Crippen LogP contribution in [0.1, 0.15) is 26.2 Å². The Morgan fingerprint density at radius 2 is 1.95 bits per heavy atom. The number of carbonyl (C=O) groups is 1. The average molecular weight is 350 g/mol. The van der Waals surface area contributed by atoms with Crippen LogP contribution in [0.5, 0.6) is 0 Å². The topological polar surface area (TPSA) is 83.5 Å². The molecule has 1 aromatic rings. The number of sulfonamides is 1. The number of carboxylic acids is 1. The summed E-state index contributed by atoms with van der Waals surface area (Å²) >= 11 is 3.24. The van der Waals surface area contributed by atoms with Gasteiger partial charge in [-0.1, -0.05) is 15.9 Å². The van der Waals surface area contributed by atoms with Gasteiger partial charge in [0.1, 0.15) is 0 Å². The fourth-order valence-electron chi connectivity index (χ4n) is 1.57. The van der Waals surface area contributed by atoms with Crippen molar-refractivity contribution in [3.8, 4) is 0 Å². The van der Waals surface area contributed by atoms with E-state index in [1.54, 1.807) is 19.1 Å². The second-order valence-corrected chi connectivity index (χ2v) is 6.89. The van der Waals surface area contributed by atoms with Crippen LogP contribution in [0.3, 0.4) is 0 Å². The van der Waals surface area contributed by atoms with Crippen molar-refractivity contribution in [1.29, 1.82) is 0 Å². The molecular weight excluding hydrogens is 334 g/mol. The highest BCUT2D eigenvalue weighted by atomic mass is 79.9. The number of aliphatic carboxylic acids is 1. The van der Waals surface area contributed by atoms with Gasteiger partial charge in [0.2, 0.25) is 10.0 Å². The van der Waals surface area contributed by atoms with Crippen molar-refractivity contribution in [1.82, 2.24) is 4.72 Å². The predicted octanol–water partition coefficient (Wildman–Crippen LogP) is 2.37. The van der Waals surface area contributed by atoms with Crippen molar-refractivity contribution < 1.29 is 18.3 Å². The Kier molecular flexibility index (Phi) is 5.96. The Morgan fingerprint density at radius 3 is 2.47 bits per heavy atom. The molecule has 5 nitrogen and oxygen atoms in total. The van der Waals surface area contributed by atoms with Crippen LogP contribution >= 0.6 is 15.9 Å². The maximum atomic E-state index is 12.0. The molecule has 1 rings (SSSR count). The minimum atomic E-state index is -3.55. The zero-order valence-electron chi connectivity index (χ0n) is 10.5. The van der Waals surface area contributed by atoms with Crippen molar-refractivity contribution in [2.24, 2.45) is 0 Å². The first-order valence-electron chi connectivity index (χ1n) is 5.81. The molecule has 0 aliphatic heterocycles. The van der Waals surface area contributed by atoms with Crippen LogP contribution in [0.4, 0.5) is 0 Å². The van der Waals surface area contributed by atoms with Crippen LogP contribution in [0.15, 0.2) is 33.6 Å². The van der Waals surface area contributed by atoms with Crippen molar-refractivity contribution in [3.05, 3.63) is 28.7 Å². The maximum absolute atomic E-state index is 12.0. The van der Waals surface area contributed by atoms with Gasteiger partial charge in [0, 0.05) is 16.9 Å². The summed E-state index contributed by atoms with van der Waals surface area (Å²) in [7, 11) is -3.55. The maximum Gasteiger partial charge on any atom is 0.303 e. The molecule has 0 aliphatic carbocycles. The Labute approximate surface area is 121 Å². The molecule has 0 bridgehead atoms. The lowest BCUT2D eigenvalue weighted by Gasteiger charge is -2.13. The first kappa shape index (κ1) is 16.1. The van der Waals surface area contributed by atoms with Crippen LogP contribution in [-0.4, -0.2) is 25.5 Å². The summed E-state index contributed by atoms with van der Waals surface area (Å²) in [5, 5.41) is 8.52. The van der Waals surface area contributed by atoms with Crippen LogP contribution in [0.2, 0.25) is 0 Å². The highest BCUT2D eigenvalue weighted by molar-refractivity contribution is 9.10. The van der Waals surface area contributed by atoms with Crippen LogP contribution in [-0.2, 0) is 14.8 Å². The molecule has 0 spiro atoms. The van der Waals surface area contributed by atoms with Gasteiger partial charge in [-0.05, 0) is 44.0 Å². The van der Waals surface area contributed by atoms with E-state index in [1.165, 1.54) is 12.1 Å². The molecule has 19 heavy (non-hydrogen) atoms. The highest BCUT2D eigenvalue weighted by Crippen LogP contribution is 2.15. The number of benzene rings is 1. The molecule has 0 amide bonds. The molecule has 1 aromatic carbocycles. The fraction of sp³-hybridized carbons (Fsp3) is 0.417. The van der Waals surface area contributed by atoms with Gasteiger partial charge in [0.05, 0.1) is 4.90 Å². The number of carboxylic acid groups (broad SMARTS) is 1. The van der Waals surface area contributed by atoms with Crippen molar-refractivity contribution in [2.45, 2.75) is 37.1 Å². The van der Waals surface area contributed by atoms with E-state index in [0.717, 1.165) is 4.47 Å². The van der Waals surface area contributed by atoms with Crippen LogP contribution in [0, 0.1) is 0 Å². The molecule has 0 fully saturated rings. The second-order valence-electron chi connectivity index (χ2n) is 4.26. The third kappa shape index (κ3) is 5.71. The molecule has 0 aliphatic rings. The molecule has 106 valence electrons. The van der Waals surface area contributed by atoms with E-state index in [9.17, 15) is 13.2 Å². The zero-order valence-corrected chi connectivity index (χ0v) is 12.9. The third-order valence-electron chi connectivity index (χ3n) is 2.51. The number of nitrogens with one attached hydrogen (secondary N) is 1. The van der Waals surface area contributed by atoms with E-state index in [2.05, 4.69) is 20.7 Å². The normalized spacial score (nSPS) is 13.2. The predicted molar refractivity (Wildman–Crippen MR) is 75.4 cm³/mol. The third-order valence-corrected chi connectivity index (χ3v) is 4.64. The lowest BCUT2D eigenvalue weighted by molar-refractivity contribution is -0.137. The van der Waals surface area contributed by atoms with Gasteiger partial charge < -0.3 is 5.11 Å². The molecule has 0 heterocycles. The van der Waals surface area contributed by atoms with Gasteiger partial charge in [-0.3, -0.25) is 4.79 Å². The van der Waals surface area contributed by atoms with E-state index >= 15 is 0 Å². The first-order valence-corrected chi connectivity index (χ1v) is 8.08. The summed E-state index contributed by atoms with van der Waals surface area (Å²) in [6.45, 7) is 1.72. The number of hydrogen-bond donors (Lipinski definition) is 2. The summed E-state index contributed by atoms with van der Waals surface area (Å²) in [6.07, 6.45) is 0.978. The van der Waals surface area contributed by atoms with E-state index in [1.807, 2.05) is 0 Å². The van der Waals surface area contributed by atoms with Crippen molar-refractivity contribution in [2.75, 3.05) is 0 Å². The molecule has 2 N–H and O–H groups in total. The summed E-state index contributed by atoms with van der Waals surface area (Å²) in [6, 6.07) is 6.04. The van der Waals surface area contributed by atoms with Gasteiger partial charge in [-0.2, -0.15) is 0 Å². The molecule has 1 unspecified atom stereocenters.